The van der Waals surface area contributed by atoms with Crippen LogP contribution < -0.4 is 5.73 Å². The van der Waals surface area contributed by atoms with Crippen molar-refractivity contribution in [2.45, 2.75) is 6.61 Å². The molecule has 2 aromatic rings. The van der Waals surface area contributed by atoms with E-state index in [1.165, 1.54) is 18.2 Å². The highest BCUT2D eigenvalue weighted by molar-refractivity contribution is 9.10. The van der Waals surface area contributed by atoms with Crippen LogP contribution in [0.3, 0.4) is 0 Å². The Hall–Kier alpha value is -1.40. The molecule has 20 heavy (non-hydrogen) atoms. The number of anilines is 1. The van der Waals surface area contributed by atoms with Crippen molar-refractivity contribution >= 4 is 43.5 Å². The first-order chi connectivity index (χ1) is 9.45. The Balaban J connectivity index is 2.10. The van der Waals surface area contributed by atoms with Gasteiger partial charge in [-0.3, -0.25) is 0 Å². The van der Waals surface area contributed by atoms with Gasteiger partial charge in [-0.2, -0.15) is 0 Å². The molecule has 0 amide bonds. The smallest absolute Gasteiger partial charge is 0.338 e. The SMILES string of the molecule is Nc1cc(Br)cc(C(=O)OCc2cc(F)ccc2Br)c1. The normalized spacial score (nSPS) is 10.3. The van der Waals surface area contributed by atoms with Gasteiger partial charge in [-0.1, -0.05) is 31.9 Å². The van der Waals surface area contributed by atoms with E-state index < -0.39 is 5.97 Å². The lowest BCUT2D eigenvalue weighted by molar-refractivity contribution is 0.0471. The molecular formula is C14H10Br2FNO2. The Morgan fingerprint density at radius 2 is 1.95 bits per heavy atom. The first-order valence-electron chi connectivity index (χ1n) is 5.63. The fourth-order valence-corrected chi connectivity index (χ4v) is 2.48. The van der Waals surface area contributed by atoms with Gasteiger partial charge in [0.15, 0.2) is 0 Å². The molecule has 0 radical (unpaired) electrons. The highest BCUT2D eigenvalue weighted by Gasteiger charge is 2.11. The number of halogens is 3. The highest BCUT2D eigenvalue weighted by atomic mass is 79.9. The minimum atomic E-state index is -0.519. The molecule has 0 fully saturated rings. The molecule has 0 bridgehead atoms. The van der Waals surface area contributed by atoms with Crippen LogP contribution in [0.4, 0.5) is 10.1 Å². The van der Waals surface area contributed by atoms with Crippen molar-refractivity contribution in [2.24, 2.45) is 0 Å². The fraction of sp³-hybridized carbons (Fsp3) is 0.0714. The summed E-state index contributed by atoms with van der Waals surface area (Å²) in [6, 6.07) is 9.01. The summed E-state index contributed by atoms with van der Waals surface area (Å²) in [5, 5.41) is 0. The molecule has 2 rings (SSSR count). The van der Waals surface area contributed by atoms with E-state index in [2.05, 4.69) is 31.9 Å². The first kappa shape index (κ1) is 15.0. The Morgan fingerprint density at radius 1 is 1.20 bits per heavy atom. The average molecular weight is 403 g/mol. The molecule has 0 aliphatic rings. The summed E-state index contributed by atoms with van der Waals surface area (Å²) in [4.78, 5) is 11.9. The minimum Gasteiger partial charge on any atom is -0.457 e. The summed E-state index contributed by atoms with van der Waals surface area (Å²) in [5.41, 5.74) is 7.00. The van der Waals surface area contributed by atoms with E-state index in [1.807, 2.05) is 0 Å². The van der Waals surface area contributed by atoms with E-state index in [1.54, 1.807) is 18.2 Å². The molecular weight excluding hydrogens is 393 g/mol. The van der Waals surface area contributed by atoms with Gasteiger partial charge in [0.05, 0.1) is 5.56 Å². The maximum Gasteiger partial charge on any atom is 0.338 e. The van der Waals surface area contributed by atoms with Crippen molar-refractivity contribution in [1.29, 1.82) is 0 Å². The van der Waals surface area contributed by atoms with Crippen LogP contribution in [0.25, 0.3) is 0 Å². The van der Waals surface area contributed by atoms with Gasteiger partial charge in [0.2, 0.25) is 0 Å². The van der Waals surface area contributed by atoms with Crippen molar-refractivity contribution < 1.29 is 13.9 Å². The van der Waals surface area contributed by atoms with Crippen LogP contribution >= 0.6 is 31.9 Å². The van der Waals surface area contributed by atoms with Crippen LogP contribution in [0.2, 0.25) is 0 Å². The number of carbonyl (C=O) groups excluding carboxylic acids is 1. The largest absolute Gasteiger partial charge is 0.457 e. The second-order valence-corrected chi connectivity index (χ2v) is 5.86. The van der Waals surface area contributed by atoms with Gasteiger partial charge < -0.3 is 10.5 Å². The number of rotatable bonds is 3. The second kappa shape index (κ2) is 6.37. The van der Waals surface area contributed by atoms with Crippen LogP contribution in [0.15, 0.2) is 45.3 Å². The van der Waals surface area contributed by atoms with Gasteiger partial charge in [0.25, 0.3) is 0 Å². The summed E-state index contributed by atoms with van der Waals surface area (Å²) in [6.07, 6.45) is 0. The third kappa shape index (κ3) is 3.80. The lowest BCUT2D eigenvalue weighted by Crippen LogP contribution is -2.06. The summed E-state index contributed by atoms with van der Waals surface area (Å²) in [7, 11) is 0. The Kier molecular flexibility index (Phi) is 4.77. The fourth-order valence-electron chi connectivity index (χ4n) is 1.61. The number of nitrogen functional groups attached to an aromatic ring is 1. The number of hydrogen-bond acceptors (Lipinski definition) is 3. The molecule has 0 aliphatic heterocycles. The molecule has 3 nitrogen and oxygen atoms in total. The van der Waals surface area contributed by atoms with Crippen LogP contribution in [0, 0.1) is 5.82 Å². The molecule has 0 spiro atoms. The minimum absolute atomic E-state index is 0.0242. The zero-order chi connectivity index (χ0) is 14.7. The van der Waals surface area contributed by atoms with Crippen molar-refractivity contribution in [2.75, 3.05) is 5.73 Å². The first-order valence-corrected chi connectivity index (χ1v) is 7.21. The zero-order valence-corrected chi connectivity index (χ0v) is 13.4. The van der Waals surface area contributed by atoms with E-state index in [0.717, 1.165) is 0 Å². The Labute approximate surface area is 132 Å². The van der Waals surface area contributed by atoms with Gasteiger partial charge in [-0.25, -0.2) is 9.18 Å². The monoisotopic (exact) mass is 401 g/mol. The van der Waals surface area contributed by atoms with E-state index in [9.17, 15) is 9.18 Å². The number of esters is 1. The highest BCUT2D eigenvalue weighted by Crippen LogP contribution is 2.21. The summed E-state index contributed by atoms with van der Waals surface area (Å²) in [5.74, 6) is -0.903. The number of ether oxygens (including phenoxy) is 1. The van der Waals surface area contributed by atoms with Crippen LogP contribution in [-0.4, -0.2) is 5.97 Å². The molecule has 0 heterocycles. The number of carbonyl (C=O) groups is 1. The Morgan fingerprint density at radius 3 is 2.65 bits per heavy atom. The van der Waals surface area contributed by atoms with Crippen molar-refractivity contribution in [3.05, 3.63) is 62.3 Å². The summed E-state index contributed by atoms with van der Waals surface area (Å²) >= 11 is 6.53. The number of hydrogen-bond donors (Lipinski definition) is 1. The lowest BCUT2D eigenvalue weighted by atomic mass is 10.2. The molecule has 0 saturated heterocycles. The van der Waals surface area contributed by atoms with Crippen LogP contribution in [0.1, 0.15) is 15.9 Å². The molecule has 2 aromatic carbocycles. The van der Waals surface area contributed by atoms with Crippen molar-refractivity contribution in [3.8, 4) is 0 Å². The van der Waals surface area contributed by atoms with Gasteiger partial charge in [0, 0.05) is 20.2 Å². The van der Waals surface area contributed by atoms with Crippen LogP contribution in [-0.2, 0) is 11.3 Å². The molecule has 0 saturated carbocycles. The molecule has 0 aliphatic carbocycles. The average Bonchev–Trinajstić information content (AvgIpc) is 2.38. The lowest BCUT2D eigenvalue weighted by Gasteiger charge is -2.08. The van der Waals surface area contributed by atoms with E-state index in [-0.39, 0.29) is 12.4 Å². The summed E-state index contributed by atoms with van der Waals surface area (Å²) < 4.78 is 19.6. The molecule has 104 valence electrons. The molecule has 0 unspecified atom stereocenters. The maximum absolute atomic E-state index is 13.1. The summed E-state index contributed by atoms with van der Waals surface area (Å²) in [6.45, 7) is -0.0242. The van der Waals surface area contributed by atoms with Crippen molar-refractivity contribution in [1.82, 2.24) is 0 Å². The quantitative estimate of drug-likeness (QED) is 0.615. The van der Waals surface area contributed by atoms with Crippen LogP contribution in [0.5, 0.6) is 0 Å². The van der Waals surface area contributed by atoms with Gasteiger partial charge in [-0.05, 0) is 36.4 Å². The second-order valence-electron chi connectivity index (χ2n) is 4.09. The van der Waals surface area contributed by atoms with E-state index in [0.29, 0.717) is 25.8 Å². The van der Waals surface area contributed by atoms with E-state index in [4.69, 9.17) is 10.5 Å². The predicted octanol–water partition coefficient (Wildman–Crippen LogP) is 4.29. The standard InChI is InChI=1S/C14H10Br2FNO2/c15-10-3-8(5-12(18)6-10)14(19)20-7-9-4-11(17)1-2-13(9)16/h1-6H,7,18H2. The van der Waals surface area contributed by atoms with Crippen molar-refractivity contribution in [3.63, 3.8) is 0 Å². The number of benzene rings is 2. The molecule has 6 heteroatoms. The van der Waals surface area contributed by atoms with Gasteiger partial charge in [-0.15, -0.1) is 0 Å². The third-order valence-corrected chi connectivity index (χ3v) is 3.75. The number of nitrogens with two attached hydrogens (primary N) is 1. The molecule has 0 aromatic heterocycles. The van der Waals surface area contributed by atoms with Gasteiger partial charge in [0.1, 0.15) is 12.4 Å². The van der Waals surface area contributed by atoms with Gasteiger partial charge >= 0.3 is 5.97 Å². The van der Waals surface area contributed by atoms with E-state index >= 15 is 0 Å². The Bertz CT molecular complexity index is 641. The maximum atomic E-state index is 13.1. The third-order valence-electron chi connectivity index (χ3n) is 2.52. The zero-order valence-electron chi connectivity index (χ0n) is 10.2. The topological polar surface area (TPSA) is 52.3 Å². The predicted molar refractivity (Wildman–Crippen MR) is 81.8 cm³/mol. The molecule has 0 atom stereocenters. The molecule has 2 N–H and O–H groups in total.